The van der Waals surface area contributed by atoms with Crippen molar-refractivity contribution in [3.05, 3.63) is 137 Å². The molecule has 0 unspecified atom stereocenters. The average molecular weight is 1130 g/mol. The summed E-state index contributed by atoms with van der Waals surface area (Å²) < 4.78 is 65.7. The summed E-state index contributed by atoms with van der Waals surface area (Å²) in [6.45, 7) is 2.89. The van der Waals surface area contributed by atoms with E-state index in [0.717, 1.165) is 71.1 Å². The van der Waals surface area contributed by atoms with Crippen LogP contribution in [0.4, 0.5) is 0 Å². The molecule has 8 heterocycles. The molecule has 0 spiro atoms. The van der Waals surface area contributed by atoms with E-state index in [0.29, 0.717) is 76.6 Å². The van der Waals surface area contributed by atoms with Crippen LogP contribution in [0.25, 0.3) is 34.7 Å². The Labute approximate surface area is 439 Å². The zero-order valence-corrected chi connectivity index (χ0v) is 43.7. The smallest absolute Gasteiger partial charge is 0.286 e. The molecule has 6 aromatic rings. The van der Waals surface area contributed by atoms with Crippen LogP contribution in [0.5, 0.6) is 0 Å². The molecule has 374 valence electrons. The number of fused-ring (bicyclic) bond motifs is 2. The third kappa shape index (κ3) is 11.9. The first-order valence-corrected chi connectivity index (χ1v) is 28.4. The van der Waals surface area contributed by atoms with Gasteiger partial charge < -0.3 is 8.83 Å². The van der Waals surface area contributed by atoms with Gasteiger partial charge in [0, 0.05) is 47.4 Å². The summed E-state index contributed by atoms with van der Waals surface area (Å²) in [6, 6.07) is 16.2. The zero-order chi connectivity index (χ0) is 50.2. The minimum Gasteiger partial charge on any atom is -0.445 e. The van der Waals surface area contributed by atoms with E-state index in [1.54, 1.807) is 72.8 Å². The van der Waals surface area contributed by atoms with Crippen molar-refractivity contribution in [2.75, 3.05) is 37.7 Å². The first kappa shape index (κ1) is 51.3. The predicted octanol–water partition coefficient (Wildman–Crippen LogP) is 10.4. The van der Waals surface area contributed by atoms with Gasteiger partial charge in [-0.25, -0.2) is 36.2 Å². The van der Waals surface area contributed by atoms with E-state index in [1.165, 1.54) is 9.36 Å². The van der Waals surface area contributed by atoms with Crippen LogP contribution in [0.1, 0.15) is 100.0 Å². The van der Waals surface area contributed by atoms with E-state index < -0.39 is 31.5 Å². The first-order chi connectivity index (χ1) is 33.9. The lowest BCUT2D eigenvalue weighted by Gasteiger charge is -2.26. The van der Waals surface area contributed by atoms with E-state index in [2.05, 4.69) is 21.0 Å². The van der Waals surface area contributed by atoms with Gasteiger partial charge >= 0.3 is 0 Å². The molecular weight excluding hydrogens is 1080 g/mol. The molecular formula is C47H44Cl6N8O8S2. The molecule has 0 aliphatic carbocycles. The normalized spacial score (nSPS) is 19.1. The molecule has 24 heteroatoms. The summed E-state index contributed by atoms with van der Waals surface area (Å²) in [4.78, 5) is 26.7. The number of nitrogens with one attached hydrogen (secondary N) is 2. The Morgan fingerprint density at radius 3 is 1.25 bits per heavy atom. The number of sulfone groups is 2. The monoisotopic (exact) mass is 1120 g/mol. The minimum atomic E-state index is -3.58. The van der Waals surface area contributed by atoms with Gasteiger partial charge in [0.05, 0.1) is 55.8 Å². The molecule has 0 saturated carbocycles. The highest BCUT2D eigenvalue weighted by Gasteiger charge is 2.38. The Morgan fingerprint density at radius 1 is 0.521 bits per heavy atom. The van der Waals surface area contributed by atoms with Crippen LogP contribution in [-0.2, 0) is 31.2 Å². The number of carbonyl (C=O) groups excluding carboxylic acids is 2. The fraction of sp³-hybridized carbons (Fsp3) is 0.319. The highest BCUT2D eigenvalue weighted by atomic mass is 35.5. The Bertz CT molecular complexity index is 3330. The molecule has 2 amide bonds. The molecule has 10 rings (SSSR count). The number of hydrogen-bond acceptors (Lipinski definition) is 12. The number of hydrogen-bond donors (Lipinski definition) is 2. The van der Waals surface area contributed by atoms with Gasteiger partial charge in [-0.3, -0.25) is 20.4 Å². The van der Waals surface area contributed by atoms with E-state index in [1.807, 2.05) is 10.0 Å². The summed E-state index contributed by atoms with van der Waals surface area (Å²) in [5.41, 5.74) is 9.19. The van der Waals surface area contributed by atoms with Crippen molar-refractivity contribution in [2.45, 2.75) is 56.5 Å². The van der Waals surface area contributed by atoms with Gasteiger partial charge in [-0.1, -0.05) is 65.7 Å². The molecule has 4 aliphatic heterocycles. The van der Waals surface area contributed by atoms with Crippen LogP contribution in [-0.4, -0.2) is 95.9 Å². The van der Waals surface area contributed by atoms with Crippen molar-refractivity contribution < 1.29 is 35.3 Å². The molecule has 2 fully saturated rings. The summed E-state index contributed by atoms with van der Waals surface area (Å²) >= 11 is 37.0. The van der Waals surface area contributed by atoms with E-state index in [9.17, 15) is 26.4 Å². The average Bonchev–Trinajstić information content (AvgIpc) is 4.05. The number of halogens is 6. The lowest BCUT2D eigenvalue weighted by atomic mass is 10.1. The van der Waals surface area contributed by atoms with Crippen molar-refractivity contribution >= 4 is 124 Å². The molecule has 71 heavy (non-hydrogen) atoms. The van der Waals surface area contributed by atoms with E-state index in [4.69, 9.17) is 78.4 Å². The van der Waals surface area contributed by atoms with Crippen LogP contribution >= 0.6 is 69.6 Å². The number of nitrogens with zero attached hydrogens (tertiary/aromatic N) is 6. The molecule has 2 N–H and O–H groups in total. The van der Waals surface area contributed by atoms with Crippen LogP contribution in [0.2, 0.25) is 30.5 Å². The second-order valence-corrected chi connectivity index (χ2v) is 23.9. The standard InChI is InChI=1S/C24H23Cl3N4O4S.C23H21Cl3N4O4S/c25-16-5-7-20(19(26)12-16)31-23-15(11-17-6-8-21(27)35-17)13-36(33,34)14-18(23)22(28-31)24(32)29-30-9-3-1-2-4-10-30;24-15-4-6-19(18(25)11-15)30-22-14(10-16-5-7-20(26)34-16)12-35(32,33)13-17(22)21(27-30)23(31)28-29-8-2-1-3-9-29/h5-8,11-12H,1-4,9-10,13-14H2,(H,29,32);4-7,10-11H,1-3,8-9,12-13H2,(H,28,31)/b15-11+;14-10+. The molecule has 4 aromatic heterocycles. The third-order valence-electron chi connectivity index (χ3n) is 12.1. The maximum absolute atomic E-state index is 13.4. The summed E-state index contributed by atoms with van der Waals surface area (Å²) in [6.07, 6.45) is 10.4. The number of rotatable bonds is 8. The predicted molar refractivity (Wildman–Crippen MR) is 276 cm³/mol. The Hall–Kier alpha value is -4.60. The highest BCUT2D eigenvalue weighted by Crippen LogP contribution is 2.39. The van der Waals surface area contributed by atoms with E-state index in [-0.39, 0.29) is 44.8 Å². The number of piperidine rings is 1. The molecule has 0 bridgehead atoms. The number of aromatic nitrogens is 4. The van der Waals surface area contributed by atoms with Crippen LogP contribution < -0.4 is 10.9 Å². The van der Waals surface area contributed by atoms with Gasteiger partial charge in [0.25, 0.3) is 11.8 Å². The zero-order valence-electron chi connectivity index (χ0n) is 37.6. The van der Waals surface area contributed by atoms with Gasteiger partial charge in [-0.05, 0) is 133 Å². The van der Waals surface area contributed by atoms with Crippen LogP contribution in [0.15, 0.2) is 69.5 Å². The largest absolute Gasteiger partial charge is 0.445 e. The Balaban J connectivity index is 0.000000176. The minimum absolute atomic E-state index is 0.0308. The molecule has 4 aliphatic rings. The lowest BCUT2D eigenvalue weighted by Crippen LogP contribution is -2.45. The van der Waals surface area contributed by atoms with Crippen molar-refractivity contribution in [3.8, 4) is 11.4 Å². The molecule has 0 atom stereocenters. The van der Waals surface area contributed by atoms with Gasteiger partial charge in [0.15, 0.2) is 41.5 Å². The quantitative estimate of drug-likeness (QED) is 0.147. The van der Waals surface area contributed by atoms with Crippen molar-refractivity contribution in [2.24, 2.45) is 0 Å². The Kier molecular flexibility index (Phi) is 15.5. The summed E-state index contributed by atoms with van der Waals surface area (Å²) in [5, 5.41) is 14.7. The van der Waals surface area contributed by atoms with Gasteiger partial charge in [-0.2, -0.15) is 10.2 Å². The Morgan fingerprint density at radius 2 is 0.901 bits per heavy atom. The SMILES string of the molecule is O=C(NN1CCCCC1)c1nn(-c2ccc(Cl)cc2Cl)c2c1CS(=O)(=O)C/C2=C\c1ccc(Cl)o1.O=C(NN1CCCCCC1)c1nn(-c2ccc(Cl)cc2Cl)c2c1CS(=O)(=O)C/C2=C\c1ccc(Cl)o1. The van der Waals surface area contributed by atoms with Crippen molar-refractivity contribution in [1.82, 2.24) is 40.4 Å². The van der Waals surface area contributed by atoms with Crippen LogP contribution in [0.3, 0.4) is 0 Å². The van der Waals surface area contributed by atoms with Crippen molar-refractivity contribution in [1.29, 1.82) is 0 Å². The molecule has 0 radical (unpaired) electrons. The number of carbonyl (C=O) groups is 2. The second kappa shape index (κ2) is 21.5. The highest BCUT2D eigenvalue weighted by molar-refractivity contribution is 7.91. The summed E-state index contributed by atoms with van der Waals surface area (Å²) in [7, 11) is -7.16. The fourth-order valence-electron chi connectivity index (χ4n) is 8.96. The van der Waals surface area contributed by atoms with Gasteiger partial charge in [0.2, 0.25) is 0 Å². The maximum atomic E-state index is 13.4. The number of benzene rings is 2. The van der Waals surface area contributed by atoms with Gasteiger partial charge in [-0.15, -0.1) is 0 Å². The van der Waals surface area contributed by atoms with Gasteiger partial charge in [0.1, 0.15) is 11.5 Å². The first-order valence-electron chi connectivity index (χ1n) is 22.5. The summed E-state index contributed by atoms with van der Waals surface area (Å²) in [5.74, 6) is -1.35. The molecule has 2 saturated heterocycles. The maximum Gasteiger partial charge on any atom is 0.286 e. The molecule has 16 nitrogen and oxygen atoms in total. The van der Waals surface area contributed by atoms with E-state index >= 15 is 0 Å². The van der Waals surface area contributed by atoms with Crippen LogP contribution in [0, 0.1) is 0 Å². The number of amides is 2. The topological polar surface area (TPSA) is 195 Å². The number of furan rings is 2. The number of hydrazine groups is 2. The third-order valence-corrected chi connectivity index (χ3v) is 16.5. The van der Waals surface area contributed by atoms with Crippen molar-refractivity contribution in [3.63, 3.8) is 0 Å². The fourth-order valence-corrected chi connectivity index (χ4v) is 13.3. The molecule has 2 aromatic carbocycles. The lowest BCUT2D eigenvalue weighted by molar-refractivity contribution is 0.0742. The second-order valence-electron chi connectivity index (χ2n) is 17.4.